The van der Waals surface area contributed by atoms with E-state index in [2.05, 4.69) is 80.4 Å². The second-order valence-corrected chi connectivity index (χ2v) is 25.1. The molecule has 0 bridgehead atoms. The highest BCUT2D eigenvalue weighted by molar-refractivity contribution is 9.09. The SMILES string of the molecule is CC(=O)[C@H]1CC[C@H]2[C@@H]3[C@H](OCCCCCC(=O)Nc4ccc(C(=O)c5ccc(NC(=O)CBr)cc5)cc4)C=C4C[C@@H](O[Si](C)(C)C(C)(C)C)CC[C@]4(C)[C@H]3CC[C@]12C. The average Bonchev–Trinajstić information content (AvgIpc) is 3.53. The molecule has 0 aliphatic heterocycles. The number of fused-ring (bicyclic) bond motifs is 5. The zero-order valence-corrected chi connectivity index (χ0v) is 38.8. The Kier molecular flexibility index (Phi) is 13.8. The standard InChI is InChI=1S/C48H67BrN2O6Si/c1-31(52)38-21-22-39-44-40(24-26-48(38,39)6)47(5)25-23-37(57-58(7,8)46(2,3)4)28-34(47)29-41(44)56-27-11-9-10-12-42(53)50-35-17-13-32(14-18-35)45(55)33-15-19-36(20-16-33)51-43(54)30-49/h13-20,29,37-41,44H,9-12,21-28,30H2,1-8H3,(H,50,53)(H,51,54)/t37-,38+,39-,40-,41+,44-,47-,48+/m0/s1. The molecule has 2 aromatic rings. The molecule has 6 rings (SSSR count). The van der Waals surface area contributed by atoms with Gasteiger partial charge in [0.2, 0.25) is 11.8 Å². The number of halogens is 1. The molecule has 0 saturated heterocycles. The fraction of sp³-hybridized carbons (Fsp3) is 0.625. The van der Waals surface area contributed by atoms with E-state index in [0.29, 0.717) is 59.1 Å². The number of amides is 2. The molecule has 0 aromatic heterocycles. The summed E-state index contributed by atoms with van der Waals surface area (Å²) in [5.41, 5.74) is 4.05. The predicted octanol–water partition coefficient (Wildman–Crippen LogP) is 11.3. The van der Waals surface area contributed by atoms with Gasteiger partial charge < -0.3 is 19.8 Å². The fourth-order valence-electron chi connectivity index (χ4n) is 10.9. The number of hydrogen-bond acceptors (Lipinski definition) is 6. The van der Waals surface area contributed by atoms with E-state index in [-0.39, 0.29) is 56.9 Å². The summed E-state index contributed by atoms with van der Waals surface area (Å²) in [7, 11) is -1.90. The van der Waals surface area contributed by atoms with Gasteiger partial charge in [-0.2, -0.15) is 0 Å². The third-order valence-electron chi connectivity index (χ3n) is 15.2. The molecule has 2 N–H and O–H groups in total. The molecule has 0 unspecified atom stereocenters. The van der Waals surface area contributed by atoms with Crippen molar-refractivity contribution in [2.45, 2.75) is 143 Å². The van der Waals surface area contributed by atoms with Crippen LogP contribution in [0.25, 0.3) is 0 Å². The summed E-state index contributed by atoms with van der Waals surface area (Å²) in [4.78, 5) is 50.4. The number of benzene rings is 2. The average molecular weight is 876 g/mol. The molecular formula is C48H67BrN2O6Si. The van der Waals surface area contributed by atoms with Crippen molar-refractivity contribution in [1.82, 2.24) is 0 Å². The van der Waals surface area contributed by atoms with Gasteiger partial charge in [-0.05, 0) is 160 Å². The molecule has 3 fully saturated rings. The van der Waals surface area contributed by atoms with Crippen molar-refractivity contribution in [3.63, 3.8) is 0 Å². The van der Waals surface area contributed by atoms with Crippen LogP contribution in [0.4, 0.5) is 11.4 Å². The van der Waals surface area contributed by atoms with Crippen molar-refractivity contribution in [2.75, 3.05) is 22.6 Å². The monoisotopic (exact) mass is 874 g/mol. The Morgan fingerprint density at radius 1 is 0.810 bits per heavy atom. The van der Waals surface area contributed by atoms with E-state index >= 15 is 0 Å². The Hall–Kier alpha value is -2.92. The zero-order valence-electron chi connectivity index (χ0n) is 36.2. The van der Waals surface area contributed by atoms with Crippen LogP contribution in [-0.4, -0.2) is 55.8 Å². The lowest BCUT2D eigenvalue weighted by Crippen LogP contribution is -2.56. The third-order valence-corrected chi connectivity index (χ3v) is 20.2. The number of ether oxygens (including phenoxy) is 1. The minimum absolute atomic E-state index is 0.0411. The van der Waals surface area contributed by atoms with E-state index in [9.17, 15) is 19.2 Å². The predicted molar refractivity (Wildman–Crippen MR) is 239 cm³/mol. The lowest BCUT2D eigenvalue weighted by Gasteiger charge is -2.60. The number of Topliss-reactive ketones (excluding diaryl/α,β-unsaturated/α-hetero) is 1. The molecule has 4 aliphatic rings. The van der Waals surface area contributed by atoms with Crippen molar-refractivity contribution in [3.05, 3.63) is 71.3 Å². The topological polar surface area (TPSA) is 111 Å². The molecule has 0 heterocycles. The first-order valence-electron chi connectivity index (χ1n) is 21.8. The lowest BCUT2D eigenvalue weighted by atomic mass is 9.46. The first-order chi connectivity index (χ1) is 27.4. The smallest absolute Gasteiger partial charge is 0.235 e. The Balaban J connectivity index is 1.03. The van der Waals surface area contributed by atoms with Crippen molar-refractivity contribution < 1.29 is 28.3 Å². The van der Waals surface area contributed by atoms with Gasteiger partial charge in [-0.3, -0.25) is 19.2 Å². The van der Waals surface area contributed by atoms with Crippen LogP contribution in [0.1, 0.15) is 128 Å². The lowest BCUT2D eigenvalue weighted by molar-refractivity contribution is -0.133. The van der Waals surface area contributed by atoms with Gasteiger partial charge in [0.15, 0.2) is 14.1 Å². The van der Waals surface area contributed by atoms with Crippen LogP contribution < -0.4 is 10.6 Å². The van der Waals surface area contributed by atoms with Gasteiger partial charge in [0.25, 0.3) is 0 Å². The Morgan fingerprint density at radius 3 is 2.02 bits per heavy atom. The van der Waals surface area contributed by atoms with Crippen LogP contribution in [0.5, 0.6) is 0 Å². The molecule has 3 saturated carbocycles. The first-order valence-corrected chi connectivity index (χ1v) is 25.8. The molecule has 8 nitrogen and oxygen atoms in total. The summed E-state index contributed by atoms with van der Waals surface area (Å²) in [6, 6.07) is 13.7. The van der Waals surface area contributed by atoms with E-state index in [4.69, 9.17) is 9.16 Å². The number of rotatable bonds is 15. The number of ketones is 2. The van der Waals surface area contributed by atoms with Crippen LogP contribution in [-0.2, 0) is 23.5 Å². The molecule has 316 valence electrons. The molecule has 2 amide bonds. The largest absolute Gasteiger partial charge is 0.414 e. The molecule has 8 atom stereocenters. The maximum Gasteiger partial charge on any atom is 0.235 e. The summed E-state index contributed by atoms with van der Waals surface area (Å²) in [5.74, 6) is 1.63. The summed E-state index contributed by atoms with van der Waals surface area (Å²) in [6.07, 6.45) is 13.4. The number of carbonyl (C=O) groups excluding carboxylic acids is 4. The van der Waals surface area contributed by atoms with E-state index in [1.165, 1.54) is 0 Å². The fourth-order valence-corrected chi connectivity index (χ4v) is 12.4. The molecular weight excluding hydrogens is 809 g/mol. The van der Waals surface area contributed by atoms with Crippen LogP contribution in [0.2, 0.25) is 18.1 Å². The summed E-state index contributed by atoms with van der Waals surface area (Å²) >= 11 is 3.13. The Bertz CT molecular complexity index is 1850. The summed E-state index contributed by atoms with van der Waals surface area (Å²) in [5, 5.41) is 6.10. The van der Waals surface area contributed by atoms with Gasteiger partial charge in [-0.25, -0.2) is 0 Å². The quantitative estimate of drug-likeness (QED) is 0.0606. The van der Waals surface area contributed by atoms with Crippen molar-refractivity contribution >= 4 is 59.0 Å². The molecule has 4 aliphatic carbocycles. The molecule has 10 heteroatoms. The summed E-state index contributed by atoms with van der Waals surface area (Å²) in [6.45, 7) is 19.1. The minimum Gasteiger partial charge on any atom is -0.414 e. The van der Waals surface area contributed by atoms with Gasteiger partial charge in [-0.1, -0.05) is 68.6 Å². The van der Waals surface area contributed by atoms with Crippen LogP contribution >= 0.6 is 15.9 Å². The van der Waals surface area contributed by atoms with Crippen LogP contribution in [0.3, 0.4) is 0 Å². The summed E-state index contributed by atoms with van der Waals surface area (Å²) < 4.78 is 14.0. The Labute approximate surface area is 356 Å². The number of unbranched alkanes of at least 4 members (excludes halogenated alkanes) is 2. The van der Waals surface area contributed by atoms with Gasteiger partial charge >= 0.3 is 0 Å². The highest BCUT2D eigenvalue weighted by Crippen LogP contribution is 2.67. The highest BCUT2D eigenvalue weighted by Gasteiger charge is 2.62. The van der Waals surface area contributed by atoms with Gasteiger partial charge in [0.05, 0.1) is 11.4 Å². The second kappa shape index (κ2) is 18.0. The number of hydrogen-bond donors (Lipinski definition) is 2. The number of alkyl halides is 1. The van der Waals surface area contributed by atoms with Gasteiger partial charge in [0, 0.05) is 47.6 Å². The number of anilines is 2. The van der Waals surface area contributed by atoms with Crippen LogP contribution in [0, 0.1) is 34.5 Å². The van der Waals surface area contributed by atoms with Crippen LogP contribution in [0.15, 0.2) is 60.2 Å². The van der Waals surface area contributed by atoms with E-state index in [1.54, 1.807) is 61.0 Å². The van der Waals surface area contributed by atoms with E-state index in [0.717, 1.165) is 64.2 Å². The first kappa shape index (κ1) is 44.6. The normalized spacial score (nSPS) is 29.4. The second-order valence-electron chi connectivity index (χ2n) is 19.8. The molecule has 58 heavy (non-hydrogen) atoms. The van der Waals surface area contributed by atoms with E-state index in [1.807, 2.05) is 0 Å². The molecule has 0 spiro atoms. The highest BCUT2D eigenvalue weighted by atomic mass is 79.9. The molecule has 0 radical (unpaired) electrons. The maximum atomic E-state index is 13.0. The van der Waals surface area contributed by atoms with Crippen molar-refractivity contribution in [1.29, 1.82) is 0 Å². The minimum atomic E-state index is -1.90. The zero-order chi connectivity index (χ0) is 42.0. The Morgan fingerprint density at radius 2 is 1.43 bits per heavy atom. The number of carbonyl (C=O) groups is 4. The van der Waals surface area contributed by atoms with Gasteiger partial charge in [0.1, 0.15) is 5.78 Å². The molecule has 2 aromatic carbocycles. The van der Waals surface area contributed by atoms with Gasteiger partial charge in [-0.15, -0.1) is 0 Å². The van der Waals surface area contributed by atoms with Crippen molar-refractivity contribution in [3.8, 4) is 0 Å². The van der Waals surface area contributed by atoms with Crippen molar-refractivity contribution in [2.24, 2.45) is 34.5 Å². The third kappa shape index (κ3) is 9.50. The van der Waals surface area contributed by atoms with E-state index < -0.39 is 8.32 Å². The number of nitrogens with one attached hydrogen (secondary N) is 2. The maximum absolute atomic E-state index is 13.0.